The fourth-order valence-corrected chi connectivity index (χ4v) is 0.521. The Morgan fingerprint density at radius 1 is 1.29 bits per heavy atom. The van der Waals surface area contributed by atoms with Crippen molar-refractivity contribution < 1.29 is 0 Å². The van der Waals surface area contributed by atoms with E-state index in [1.54, 1.807) is 4.90 Å². The molecule has 0 aromatic carbocycles. The van der Waals surface area contributed by atoms with E-state index in [-0.39, 0.29) is 0 Å². The zero-order valence-electron chi connectivity index (χ0n) is 4.17. The molecule has 1 rings (SSSR count). The van der Waals surface area contributed by atoms with Crippen LogP contribution in [0.1, 0.15) is 6.42 Å². The monoisotopic (exact) mass is 94.1 g/mol. The molecule has 0 bridgehead atoms. The molecule has 0 amide bonds. The van der Waals surface area contributed by atoms with Crippen molar-refractivity contribution in [1.29, 1.82) is 0 Å². The molecule has 0 fully saturated rings. The molecule has 1 aliphatic rings. The second kappa shape index (κ2) is 1.82. The fraction of sp³-hybridized carbons (Fsp3) is 0.167. The van der Waals surface area contributed by atoms with Gasteiger partial charge in [0.15, 0.2) is 0 Å². The topological polar surface area (TPSA) is 3.24 Å². The Kier molecular flexibility index (Phi) is 1.16. The standard InChI is InChI=1S/C6H8N/c1-7-5-3-2-4-6-7/h3-6H,1-2H2. The zero-order chi connectivity index (χ0) is 5.11. The zero-order valence-corrected chi connectivity index (χ0v) is 4.17. The lowest BCUT2D eigenvalue weighted by molar-refractivity contribution is 0.670. The minimum absolute atomic E-state index is 1.05. The van der Waals surface area contributed by atoms with E-state index in [4.69, 9.17) is 0 Å². The third-order valence-electron chi connectivity index (χ3n) is 0.866. The van der Waals surface area contributed by atoms with Gasteiger partial charge in [-0.15, -0.1) is 0 Å². The molecule has 0 saturated carbocycles. The summed E-state index contributed by atoms with van der Waals surface area (Å²) >= 11 is 0. The number of hydrogen-bond acceptors (Lipinski definition) is 1. The normalized spacial score (nSPS) is 18.1. The highest BCUT2D eigenvalue weighted by molar-refractivity contribution is 5.01. The number of rotatable bonds is 0. The molecule has 7 heavy (non-hydrogen) atoms. The van der Waals surface area contributed by atoms with E-state index in [1.165, 1.54) is 0 Å². The van der Waals surface area contributed by atoms with E-state index < -0.39 is 0 Å². The molecular weight excluding hydrogens is 86.1 g/mol. The molecule has 0 spiro atoms. The van der Waals surface area contributed by atoms with Gasteiger partial charge in [0.05, 0.1) is 0 Å². The summed E-state index contributed by atoms with van der Waals surface area (Å²) in [5.74, 6) is 0. The lowest BCUT2D eigenvalue weighted by atomic mass is 10.3. The second-order valence-electron chi connectivity index (χ2n) is 1.52. The van der Waals surface area contributed by atoms with Crippen LogP contribution in [-0.2, 0) is 0 Å². The average molecular weight is 94.1 g/mol. The third kappa shape index (κ3) is 1.07. The molecule has 0 saturated heterocycles. The van der Waals surface area contributed by atoms with Crippen LogP contribution in [-0.4, -0.2) is 4.90 Å². The van der Waals surface area contributed by atoms with Crippen molar-refractivity contribution in [2.45, 2.75) is 6.42 Å². The van der Waals surface area contributed by atoms with Gasteiger partial charge >= 0.3 is 0 Å². The summed E-state index contributed by atoms with van der Waals surface area (Å²) in [6.07, 6.45) is 9.06. The molecular formula is C6H8N. The van der Waals surface area contributed by atoms with Crippen molar-refractivity contribution in [3.8, 4) is 0 Å². The maximum Gasteiger partial charge on any atom is 0.0399 e. The van der Waals surface area contributed by atoms with E-state index in [0.717, 1.165) is 6.42 Å². The summed E-state index contributed by atoms with van der Waals surface area (Å²) in [5, 5.41) is 0. The van der Waals surface area contributed by atoms with E-state index >= 15 is 0 Å². The van der Waals surface area contributed by atoms with Crippen LogP contribution in [0.15, 0.2) is 24.6 Å². The van der Waals surface area contributed by atoms with Gasteiger partial charge in [0, 0.05) is 7.05 Å². The summed E-state index contributed by atoms with van der Waals surface area (Å²) in [7, 11) is 3.66. The molecule has 0 aromatic rings. The maximum absolute atomic E-state index is 3.66. The quantitative estimate of drug-likeness (QED) is 0.440. The van der Waals surface area contributed by atoms with Crippen LogP contribution in [0.4, 0.5) is 0 Å². The Morgan fingerprint density at radius 3 is 2.14 bits per heavy atom. The van der Waals surface area contributed by atoms with Gasteiger partial charge in [0.2, 0.25) is 0 Å². The van der Waals surface area contributed by atoms with Crippen molar-refractivity contribution in [1.82, 2.24) is 4.90 Å². The number of nitrogens with zero attached hydrogens (tertiary/aromatic N) is 1. The van der Waals surface area contributed by atoms with Gasteiger partial charge in [0.1, 0.15) is 0 Å². The minimum Gasteiger partial charge on any atom is -0.353 e. The predicted octanol–water partition coefficient (Wildman–Crippen LogP) is 1.51. The lowest BCUT2D eigenvalue weighted by Gasteiger charge is -2.08. The van der Waals surface area contributed by atoms with Gasteiger partial charge in [-0.2, -0.15) is 0 Å². The van der Waals surface area contributed by atoms with Crippen molar-refractivity contribution in [2.75, 3.05) is 0 Å². The molecule has 1 radical (unpaired) electrons. The Hall–Kier alpha value is -0.720. The first-order valence-electron chi connectivity index (χ1n) is 2.32. The molecule has 1 heteroatoms. The Bertz CT molecular complexity index is 90.7. The molecule has 0 aliphatic carbocycles. The van der Waals surface area contributed by atoms with Crippen molar-refractivity contribution >= 4 is 0 Å². The van der Waals surface area contributed by atoms with E-state index in [2.05, 4.69) is 19.2 Å². The van der Waals surface area contributed by atoms with Crippen molar-refractivity contribution in [3.63, 3.8) is 0 Å². The summed E-state index contributed by atoms with van der Waals surface area (Å²) < 4.78 is 0. The van der Waals surface area contributed by atoms with Crippen LogP contribution in [0.3, 0.4) is 0 Å². The summed E-state index contributed by atoms with van der Waals surface area (Å²) in [4.78, 5) is 1.78. The Labute approximate surface area is 43.9 Å². The Balaban J connectivity index is 2.49. The first-order valence-corrected chi connectivity index (χ1v) is 2.32. The predicted molar refractivity (Wildman–Crippen MR) is 30.1 cm³/mol. The van der Waals surface area contributed by atoms with Crippen LogP contribution < -0.4 is 0 Å². The minimum atomic E-state index is 1.05. The maximum atomic E-state index is 3.66. The second-order valence-corrected chi connectivity index (χ2v) is 1.52. The smallest absolute Gasteiger partial charge is 0.0399 e. The van der Waals surface area contributed by atoms with Gasteiger partial charge in [-0.3, -0.25) is 0 Å². The highest BCUT2D eigenvalue weighted by atomic mass is 15.0. The van der Waals surface area contributed by atoms with Gasteiger partial charge < -0.3 is 4.90 Å². The first kappa shape index (κ1) is 4.44. The number of hydrogen-bond donors (Lipinski definition) is 0. The van der Waals surface area contributed by atoms with Gasteiger partial charge in [-0.05, 0) is 18.8 Å². The highest BCUT2D eigenvalue weighted by Crippen LogP contribution is 1.98. The Morgan fingerprint density at radius 2 is 1.86 bits per heavy atom. The van der Waals surface area contributed by atoms with E-state index in [9.17, 15) is 0 Å². The van der Waals surface area contributed by atoms with E-state index in [0.29, 0.717) is 0 Å². The third-order valence-corrected chi connectivity index (χ3v) is 0.866. The molecule has 0 atom stereocenters. The van der Waals surface area contributed by atoms with Crippen molar-refractivity contribution in [3.05, 3.63) is 31.6 Å². The van der Waals surface area contributed by atoms with E-state index in [1.807, 2.05) is 12.4 Å². The first-order chi connectivity index (χ1) is 3.39. The average Bonchev–Trinajstić information content (AvgIpc) is 1.69. The van der Waals surface area contributed by atoms with Crippen LogP contribution in [0.2, 0.25) is 0 Å². The van der Waals surface area contributed by atoms with Crippen LogP contribution in [0.25, 0.3) is 0 Å². The van der Waals surface area contributed by atoms with Crippen molar-refractivity contribution in [2.24, 2.45) is 0 Å². The summed E-state index contributed by atoms with van der Waals surface area (Å²) in [5.41, 5.74) is 0. The summed E-state index contributed by atoms with van der Waals surface area (Å²) in [6, 6.07) is 0. The highest BCUT2D eigenvalue weighted by Gasteiger charge is 1.84. The number of allylic oxidation sites excluding steroid dienone is 2. The van der Waals surface area contributed by atoms with Gasteiger partial charge in [-0.1, -0.05) is 12.2 Å². The van der Waals surface area contributed by atoms with Crippen LogP contribution in [0, 0.1) is 7.05 Å². The SMILES string of the molecule is [CH2]N1C=CCC=C1. The van der Waals surface area contributed by atoms with Gasteiger partial charge in [-0.25, -0.2) is 0 Å². The molecule has 0 N–H and O–H groups in total. The largest absolute Gasteiger partial charge is 0.353 e. The lowest BCUT2D eigenvalue weighted by Crippen LogP contribution is -1.97. The molecule has 37 valence electrons. The van der Waals surface area contributed by atoms with Crippen LogP contribution >= 0.6 is 0 Å². The fourth-order valence-electron chi connectivity index (χ4n) is 0.521. The van der Waals surface area contributed by atoms with Crippen LogP contribution in [0.5, 0.6) is 0 Å². The molecule has 1 nitrogen and oxygen atoms in total. The molecule has 0 aromatic heterocycles. The summed E-state index contributed by atoms with van der Waals surface area (Å²) in [6.45, 7) is 0. The molecule has 1 heterocycles. The van der Waals surface area contributed by atoms with Gasteiger partial charge in [0.25, 0.3) is 0 Å². The molecule has 1 aliphatic heterocycles. The molecule has 0 unspecified atom stereocenters.